The number of unbranched alkanes of at least 4 members (excludes halogenated alkanes) is 1. The van der Waals surface area contributed by atoms with Crippen molar-refractivity contribution in [3.05, 3.63) is 35.4 Å². The highest BCUT2D eigenvalue weighted by atomic mass is 16.5. The summed E-state index contributed by atoms with van der Waals surface area (Å²) in [6.07, 6.45) is 4.95. The van der Waals surface area contributed by atoms with Gasteiger partial charge in [-0.05, 0) is 30.4 Å². The highest BCUT2D eigenvalue weighted by molar-refractivity contribution is 5.79. The number of ether oxygens (including phenoxy) is 1. The standard InChI is InChI=1S/C21H34N4O2/c1-3-4-14-27-15-6-12-23-21(22-2)24-16-18-8-10-19(11-9-18)17-25-13-5-7-20(25)26/h8-11H,3-7,12-17H2,1-2H3,(H2,22,23,24). The normalized spacial score (nSPS) is 14.7. The summed E-state index contributed by atoms with van der Waals surface area (Å²) in [6.45, 7) is 6.97. The zero-order valence-corrected chi connectivity index (χ0v) is 16.8. The molecule has 0 spiro atoms. The van der Waals surface area contributed by atoms with Crippen molar-refractivity contribution < 1.29 is 9.53 Å². The minimum absolute atomic E-state index is 0.270. The fraction of sp³-hybridized carbons (Fsp3) is 0.619. The van der Waals surface area contributed by atoms with Crippen molar-refractivity contribution in [2.45, 2.75) is 52.1 Å². The summed E-state index contributed by atoms with van der Waals surface area (Å²) in [7, 11) is 1.78. The van der Waals surface area contributed by atoms with E-state index < -0.39 is 0 Å². The maximum atomic E-state index is 11.7. The van der Waals surface area contributed by atoms with E-state index in [2.05, 4.69) is 46.8 Å². The van der Waals surface area contributed by atoms with Gasteiger partial charge in [0.1, 0.15) is 0 Å². The number of rotatable bonds is 11. The second kappa shape index (κ2) is 12.3. The van der Waals surface area contributed by atoms with E-state index in [9.17, 15) is 4.79 Å². The number of carbonyl (C=O) groups is 1. The summed E-state index contributed by atoms with van der Waals surface area (Å²) < 4.78 is 5.56. The van der Waals surface area contributed by atoms with Gasteiger partial charge in [-0.25, -0.2) is 0 Å². The molecule has 1 fully saturated rings. The summed E-state index contributed by atoms with van der Waals surface area (Å²) in [5.74, 6) is 1.07. The van der Waals surface area contributed by atoms with Crippen LogP contribution in [0, 0.1) is 0 Å². The SMILES string of the molecule is CCCCOCCCNC(=NC)NCc1ccc(CN2CCCC2=O)cc1. The molecule has 0 aliphatic carbocycles. The van der Waals surface area contributed by atoms with Crippen LogP contribution in [-0.2, 0) is 22.6 Å². The molecule has 1 aromatic carbocycles. The molecule has 1 aliphatic rings. The number of carbonyl (C=O) groups excluding carboxylic acids is 1. The van der Waals surface area contributed by atoms with E-state index in [1.807, 2.05) is 4.90 Å². The van der Waals surface area contributed by atoms with E-state index in [4.69, 9.17) is 4.74 Å². The van der Waals surface area contributed by atoms with Crippen LogP contribution in [0.1, 0.15) is 50.2 Å². The molecule has 0 bridgehead atoms. The van der Waals surface area contributed by atoms with E-state index in [0.717, 1.165) is 64.6 Å². The molecule has 0 unspecified atom stereocenters. The van der Waals surface area contributed by atoms with E-state index in [0.29, 0.717) is 6.42 Å². The van der Waals surface area contributed by atoms with Gasteiger partial charge in [-0.3, -0.25) is 9.79 Å². The van der Waals surface area contributed by atoms with Crippen molar-refractivity contribution >= 4 is 11.9 Å². The highest BCUT2D eigenvalue weighted by Gasteiger charge is 2.19. The summed E-state index contributed by atoms with van der Waals surface area (Å²) >= 11 is 0. The highest BCUT2D eigenvalue weighted by Crippen LogP contribution is 2.14. The molecule has 6 heteroatoms. The van der Waals surface area contributed by atoms with Gasteiger partial charge in [0.25, 0.3) is 0 Å². The number of guanidine groups is 1. The minimum atomic E-state index is 0.270. The quantitative estimate of drug-likeness (QED) is 0.355. The van der Waals surface area contributed by atoms with Gasteiger partial charge in [-0.1, -0.05) is 37.6 Å². The van der Waals surface area contributed by atoms with Gasteiger partial charge in [0.15, 0.2) is 5.96 Å². The Bertz CT molecular complexity index is 586. The molecule has 27 heavy (non-hydrogen) atoms. The van der Waals surface area contributed by atoms with Crippen molar-refractivity contribution in [3.63, 3.8) is 0 Å². The number of nitrogens with one attached hydrogen (secondary N) is 2. The Balaban J connectivity index is 1.64. The Labute approximate surface area is 163 Å². The number of hydrogen-bond donors (Lipinski definition) is 2. The Morgan fingerprint density at radius 2 is 1.89 bits per heavy atom. The lowest BCUT2D eigenvalue weighted by Crippen LogP contribution is -2.37. The summed E-state index contributed by atoms with van der Waals surface area (Å²) in [5.41, 5.74) is 2.37. The Morgan fingerprint density at radius 3 is 2.56 bits per heavy atom. The first-order chi connectivity index (χ1) is 13.2. The van der Waals surface area contributed by atoms with Crippen molar-refractivity contribution in [1.82, 2.24) is 15.5 Å². The van der Waals surface area contributed by atoms with Gasteiger partial charge in [0.05, 0.1) is 0 Å². The van der Waals surface area contributed by atoms with Gasteiger partial charge >= 0.3 is 0 Å². The van der Waals surface area contributed by atoms with Crippen LogP contribution in [-0.4, -0.2) is 50.1 Å². The third-order valence-corrected chi connectivity index (χ3v) is 4.65. The topological polar surface area (TPSA) is 66.0 Å². The molecule has 0 saturated carbocycles. The largest absolute Gasteiger partial charge is 0.381 e. The van der Waals surface area contributed by atoms with Gasteiger partial charge in [0, 0.05) is 52.9 Å². The zero-order valence-electron chi connectivity index (χ0n) is 16.8. The van der Waals surface area contributed by atoms with Gasteiger partial charge in [-0.2, -0.15) is 0 Å². The van der Waals surface area contributed by atoms with Crippen LogP contribution >= 0.6 is 0 Å². The molecular weight excluding hydrogens is 340 g/mol. The molecule has 1 aromatic rings. The van der Waals surface area contributed by atoms with Crippen LogP contribution in [0.3, 0.4) is 0 Å². The maximum absolute atomic E-state index is 11.7. The summed E-state index contributed by atoms with van der Waals surface area (Å²) in [6, 6.07) is 8.42. The molecule has 2 rings (SSSR count). The molecule has 1 saturated heterocycles. The van der Waals surface area contributed by atoms with Crippen LogP contribution < -0.4 is 10.6 Å². The molecule has 150 valence electrons. The zero-order chi connectivity index (χ0) is 19.3. The number of benzene rings is 1. The van der Waals surface area contributed by atoms with Gasteiger partial charge in [0.2, 0.25) is 5.91 Å². The molecule has 1 amide bonds. The Morgan fingerprint density at radius 1 is 1.15 bits per heavy atom. The predicted molar refractivity (Wildman–Crippen MR) is 110 cm³/mol. The number of hydrogen-bond acceptors (Lipinski definition) is 3. The van der Waals surface area contributed by atoms with E-state index in [-0.39, 0.29) is 5.91 Å². The average Bonchev–Trinajstić information content (AvgIpc) is 3.09. The Hall–Kier alpha value is -2.08. The minimum Gasteiger partial charge on any atom is -0.381 e. The lowest BCUT2D eigenvalue weighted by molar-refractivity contribution is -0.128. The number of amides is 1. The molecule has 1 heterocycles. The molecule has 0 aromatic heterocycles. The fourth-order valence-electron chi connectivity index (χ4n) is 2.99. The number of likely N-dealkylation sites (tertiary alicyclic amines) is 1. The van der Waals surface area contributed by atoms with E-state index in [1.165, 1.54) is 17.5 Å². The average molecular weight is 375 g/mol. The number of nitrogens with zero attached hydrogens (tertiary/aromatic N) is 2. The summed E-state index contributed by atoms with van der Waals surface area (Å²) in [4.78, 5) is 17.9. The lowest BCUT2D eigenvalue weighted by Gasteiger charge is -2.16. The van der Waals surface area contributed by atoms with Crippen molar-refractivity contribution in [3.8, 4) is 0 Å². The molecule has 6 nitrogen and oxygen atoms in total. The monoisotopic (exact) mass is 374 g/mol. The third-order valence-electron chi connectivity index (χ3n) is 4.65. The van der Waals surface area contributed by atoms with Crippen LogP contribution in [0.15, 0.2) is 29.3 Å². The van der Waals surface area contributed by atoms with Crippen LogP contribution in [0.2, 0.25) is 0 Å². The first-order valence-corrected chi connectivity index (χ1v) is 10.1. The van der Waals surface area contributed by atoms with Crippen LogP contribution in [0.5, 0.6) is 0 Å². The second-order valence-corrected chi connectivity index (χ2v) is 6.91. The molecule has 0 atom stereocenters. The van der Waals surface area contributed by atoms with Crippen LogP contribution in [0.4, 0.5) is 0 Å². The second-order valence-electron chi connectivity index (χ2n) is 6.91. The van der Waals surface area contributed by atoms with E-state index in [1.54, 1.807) is 7.05 Å². The first-order valence-electron chi connectivity index (χ1n) is 10.1. The van der Waals surface area contributed by atoms with E-state index >= 15 is 0 Å². The third kappa shape index (κ3) is 7.99. The van der Waals surface area contributed by atoms with Gasteiger partial charge < -0.3 is 20.3 Å². The molecule has 0 radical (unpaired) electrons. The van der Waals surface area contributed by atoms with Crippen molar-refractivity contribution in [2.24, 2.45) is 4.99 Å². The predicted octanol–water partition coefficient (Wildman–Crippen LogP) is 2.68. The fourth-order valence-corrected chi connectivity index (χ4v) is 2.99. The van der Waals surface area contributed by atoms with Gasteiger partial charge in [-0.15, -0.1) is 0 Å². The summed E-state index contributed by atoms with van der Waals surface area (Å²) in [5, 5.41) is 6.64. The Kier molecular flexibility index (Phi) is 9.69. The smallest absolute Gasteiger partial charge is 0.222 e. The first kappa shape index (κ1) is 21.2. The number of aliphatic imine (C=N–C) groups is 1. The van der Waals surface area contributed by atoms with Crippen molar-refractivity contribution in [1.29, 1.82) is 0 Å². The molecule has 2 N–H and O–H groups in total. The maximum Gasteiger partial charge on any atom is 0.222 e. The molecule has 1 aliphatic heterocycles. The molecular formula is C21H34N4O2. The van der Waals surface area contributed by atoms with Crippen molar-refractivity contribution in [2.75, 3.05) is 33.4 Å². The van der Waals surface area contributed by atoms with Crippen LogP contribution in [0.25, 0.3) is 0 Å². The lowest BCUT2D eigenvalue weighted by atomic mass is 10.1.